The maximum absolute atomic E-state index is 14.2. The van der Waals surface area contributed by atoms with Crippen LogP contribution in [0.15, 0.2) is 29.6 Å². The standard InChI is InChI=1S/C40H48NO17PS/c1-18(2)54-37(44)19(3)41-59(46,17-47-4)58-33-25(48-5)11-20(12-26(33)49-6)29-23-13-22-21(14-50-38(22)45)10-24(23)32(36-35(29)52-16-53-36)56-40-31(43)30(42)34-27(55-40)15-51-39(57-34)28-8-7-9-60-28/h7-9,11-12,18-19,21-22,27,30-31,34,39-40,42-43H,10,13-17H2,1-6H3,(H,41,46)/t19?,21-,22+,27+,30+,31+,34+,39?,40-,59?/m0/s1. The molecular weight excluding hydrogens is 829 g/mol. The summed E-state index contributed by atoms with van der Waals surface area (Å²) in [7, 11) is 0.162. The van der Waals surface area contributed by atoms with E-state index in [1.54, 1.807) is 26.0 Å². The number of nitrogens with one attached hydrogen (secondary N) is 1. The van der Waals surface area contributed by atoms with Gasteiger partial charge in [0.25, 0.3) is 0 Å². The van der Waals surface area contributed by atoms with Gasteiger partial charge in [0, 0.05) is 24.2 Å². The van der Waals surface area contributed by atoms with E-state index in [4.69, 9.17) is 56.6 Å². The van der Waals surface area contributed by atoms with Crippen molar-refractivity contribution in [1.82, 2.24) is 5.09 Å². The largest absolute Gasteiger partial charge is 0.493 e. The molecule has 3 saturated heterocycles. The number of cyclic esters (lactones) is 1. The molecule has 20 heteroatoms. The predicted molar refractivity (Wildman–Crippen MR) is 210 cm³/mol. The summed E-state index contributed by atoms with van der Waals surface area (Å²) in [5.41, 5.74) is 2.36. The molecule has 326 valence electrons. The zero-order valence-corrected chi connectivity index (χ0v) is 35.5. The number of carbonyl (C=O) groups is 2. The molecule has 2 aromatic carbocycles. The average molecular weight is 878 g/mol. The van der Waals surface area contributed by atoms with E-state index in [1.807, 2.05) is 17.5 Å². The number of hydrogen-bond donors (Lipinski definition) is 3. The smallest absolute Gasteiger partial charge is 0.342 e. The first-order valence-corrected chi connectivity index (χ1v) is 22.2. The van der Waals surface area contributed by atoms with Gasteiger partial charge in [0.05, 0.1) is 44.3 Å². The SMILES string of the molecule is COCP(=O)(NC(C)C(=O)OC(C)C)Oc1c(OC)cc(-c2c3c(c(O[C@@H]4O[C@@H]5COC(c6cccs6)O[C@H]5[C@H](O)[C@H]4O)c4c2OCO4)C[C@H]2COC(=O)[C@@H]2C3)cc1OC. The highest BCUT2D eigenvalue weighted by molar-refractivity contribution is 7.57. The Labute approximate surface area is 349 Å². The van der Waals surface area contributed by atoms with Gasteiger partial charge in [0.1, 0.15) is 36.8 Å². The lowest BCUT2D eigenvalue weighted by Crippen LogP contribution is -2.62. The second kappa shape index (κ2) is 17.3. The molecule has 0 bridgehead atoms. The van der Waals surface area contributed by atoms with Crippen LogP contribution in [0.3, 0.4) is 0 Å². The lowest BCUT2D eigenvalue weighted by Gasteiger charge is -2.46. The molecule has 0 saturated carbocycles. The van der Waals surface area contributed by atoms with Crippen molar-refractivity contribution < 1.29 is 81.0 Å². The van der Waals surface area contributed by atoms with Crippen LogP contribution in [0.1, 0.15) is 43.1 Å². The average Bonchev–Trinajstić information content (AvgIpc) is 4.02. The molecule has 8 rings (SSSR count). The van der Waals surface area contributed by atoms with Gasteiger partial charge in [0.15, 0.2) is 29.3 Å². The van der Waals surface area contributed by atoms with Gasteiger partial charge < -0.3 is 66.8 Å². The molecule has 0 amide bonds. The van der Waals surface area contributed by atoms with Gasteiger partial charge in [-0.05, 0) is 68.3 Å². The Bertz CT molecular complexity index is 2110. The highest BCUT2D eigenvalue weighted by atomic mass is 32.1. The van der Waals surface area contributed by atoms with Crippen LogP contribution in [0.4, 0.5) is 0 Å². The summed E-state index contributed by atoms with van der Waals surface area (Å²) in [6, 6.07) is 5.98. The molecule has 1 aromatic heterocycles. The number of rotatable bonds is 14. The summed E-state index contributed by atoms with van der Waals surface area (Å²) in [5.74, 6) is -0.757. The van der Waals surface area contributed by atoms with Gasteiger partial charge in [-0.1, -0.05) is 6.07 Å². The van der Waals surface area contributed by atoms with Crippen molar-refractivity contribution in [3.8, 4) is 45.6 Å². The Kier molecular flexibility index (Phi) is 12.3. The Morgan fingerprint density at radius 3 is 2.40 bits per heavy atom. The van der Waals surface area contributed by atoms with Crippen LogP contribution in [-0.2, 0) is 55.4 Å². The second-order valence-electron chi connectivity index (χ2n) is 15.3. The zero-order valence-electron chi connectivity index (χ0n) is 33.8. The van der Waals surface area contributed by atoms with E-state index in [0.717, 1.165) is 4.88 Å². The van der Waals surface area contributed by atoms with Crippen molar-refractivity contribution >= 4 is 30.8 Å². The number of thiophene rings is 1. The Hall–Kier alpha value is -4.17. The van der Waals surface area contributed by atoms with E-state index in [-0.39, 0.29) is 72.8 Å². The van der Waals surface area contributed by atoms with Gasteiger partial charge >= 0.3 is 19.5 Å². The first-order valence-electron chi connectivity index (χ1n) is 19.5. The molecule has 4 aliphatic heterocycles. The molecule has 3 aromatic rings. The molecule has 60 heavy (non-hydrogen) atoms. The Morgan fingerprint density at radius 1 is 0.967 bits per heavy atom. The highest BCUT2D eigenvalue weighted by Gasteiger charge is 2.52. The van der Waals surface area contributed by atoms with Crippen LogP contribution in [0.25, 0.3) is 11.1 Å². The van der Waals surface area contributed by atoms with Crippen LogP contribution in [0, 0.1) is 11.8 Å². The third-order valence-corrected chi connectivity index (χ3v) is 13.7. The third-order valence-electron chi connectivity index (χ3n) is 10.9. The lowest BCUT2D eigenvalue weighted by molar-refractivity contribution is -0.349. The minimum absolute atomic E-state index is 0.0409. The molecule has 5 heterocycles. The molecule has 3 N–H and O–H groups in total. The van der Waals surface area contributed by atoms with Crippen molar-refractivity contribution in [1.29, 1.82) is 0 Å². The van der Waals surface area contributed by atoms with E-state index in [0.29, 0.717) is 28.7 Å². The minimum Gasteiger partial charge on any atom is -0.493 e. The minimum atomic E-state index is -3.98. The maximum atomic E-state index is 14.2. The van der Waals surface area contributed by atoms with Gasteiger partial charge in [-0.15, -0.1) is 11.3 Å². The number of hydrogen-bond acceptors (Lipinski definition) is 18. The number of fused-ring (bicyclic) bond motifs is 4. The van der Waals surface area contributed by atoms with Gasteiger partial charge in [0.2, 0.25) is 24.6 Å². The summed E-state index contributed by atoms with van der Waals surface area (Å²) in [6.07, 6.45) is -6.96. The molecule has 0 spiro atoms. The summed E-state index contributed by atoms with van der Waals surface area (Å²) >= 11 is 1.45. The number of esters is 2. The molecule has 1 aliphatic carbocycles. The summed E-state index contributed by atoms with van der Waals surface area (Å²) in [6.45, 7) is 4.98. The van der Waals surface area contributed by atoms with E-state index < -0.39 is 74.9 Å². The number of aliphatic hydroxyl groups is 2. The van der Waals surface area contributed by atoms with Crippen LogP contribution < -0.4 is 33.3 Å². The molecule has 0 radical (unpaired) electrons. The number of methoxy groups -OCH3 is 3. The topological polar surface area (TPSA) is 214 Å². The Morgan fingerprint density at radius 2 is 1.72 bits per heavy atom. The number of carbonyl (C=O) groups excluding carboxylic acids is 2. The van der Waals surface area contributed by atoms with Gasteiger partial charge in [-0.3, -0.25) is 14.2 Å². The van der Waals surface area contributed by atoms with E-state index >= 15 is 0 Å². The first kappa shape index (κ1) is 42.5. The lowest BCUT2D eigenvalue weighted by atomic mass is 9.74. The molecule has 18 nitrogen and oxygen atoms in total. The fraction of sp³-hybridized carbons (Fsp3) is 0.550. The third kappa shape index (κ3) is 8.02. The number of ether oxygens (including phenoxy) is 11. The van der Waals surface area contributed by atoms with Crippen molar-refractivity contribution in [3.63, 3.8) is 0 Å². The Balaban J connectivity index is 1.16. The van der Waals surface area contributed by atoms with Crippen molar-refractivity contribution in [2.24, 2.45) is 11.8 Å². The highest BCUT2D eigenvalue weighted by Crippen LogP contribution is 2.58. The zero-order chi connectivity index (χ0) is 42.5. The summed E-state index contributed by atoms with van der Waals surface area (Å²) in [5, 5.41) is 27.4. The van der Waals surface area contributed by atoms with E-state index in [2.05, 4.69) is 5.09 Å². The van der Waals surface area contributed by atoms with E-state index in [9.17, 15) is 24.4 Å². The number of aliphatic hydroxyl groups excluding tert-OH is 2. The van der Waals surface area contributed by atoms with E-state index in [1.165, 1.54) is 39.6 Å². The summed E-state index contributed by atoms with van der Waals surface area (Å²) < 4.78 is 85.0. The van der Waals surface area contributed by atoms with Gasteiger partial charge in [-0.25, -0.2) is 5.09 Å². The molecule has 5 aliphatic rings. The van der Waals surface area contributed by atoms with Crippen LogP contribution in [-0.4, -0.2) is 113 Å². The predicted octanol–water partition coefficient (Wildman–Crippen LogP) is 4.09. The fourth-order valence-electron chi connectivity index (χ4n) is 8.17. The van der Waals surface area contributed by atoms with Crippen molar-refractivity contribution in [2.45, 2.75) is 82.8 Å². The molecular formula is C40H48NO17PS. The molecule has 10 atom stereocenters. The van der Waals surface area contributed by atoms with Gasteiger partial charge in [-0.2, -0.15) is 0 Å². The molecule has 3 fully saturated rings. The molecule has 3 unspecified atom stereocenters. The van der Waals surface area contributed by atoms with Crippen LogP contribution >= 0.6 is 18.9 Å². The van der Waals surface area contributed by atoms with Crippen molar-refractivity contribution in [3.05, 3.63) is 45.6 Å². The van der Waals surface area contributed by atoms with Crippen LogP contribution in [0.2, 0.25) is 0 Å². The monoisotopic (exact) mass is 877 g/mol. The van der Waals surface area contributed by atoms with Crippen molar-refractivity contribution in [2.75, 3.05) is 47.7 Å². The second-order valence-corrected chi connectivity index (χ2v) is 18.3. The fourth-order valence-corrected chi connectivity index (χ4v) is 10.6. The maximum Gasteiger partial charge on any atom is 0.342 e. The quantitative estimate of drug-likeness (QED) is 0.154. The first-order chi connectivity index (χ1) is 28.8. The summed E-state index contributed by atoms with van der Waals surface area (Å²) in [4.78, 5) is 26.5. The normalized spacial score (nSPS) is 28.1. The van der Waals surface area contributed by atoms with Crippen LogP contribution in [0.5, 0.6) is 34.5 Å². The number of benzene rings is 2.